The molecule has 5 rings (SSSR count). The van der Waals surface area contributed by atoms with Crippen LogP contribution in [-0.2, 0) is 22.6 Å². The maximum Gasteiger partial charge on any atom is 0.298 e. The van der Waals surface area contributed by atoms with Gasteiger partial charge in [0.25, 0.3) is 12.9 Å². The number of hydrogen-bond donors (Lipinski definition) is 3. The summed E-state index contributed by atoms with van der Waals surface area (Å²) < 4.78 is 9.58. The molecule has 0 atom stereocenters. The molecule has 0 saturated carbocycles. The first-order chi connectivity index (χ1) is 21.0. The first-order valence-electron chi connectivity index (χ1n) is 12.9. The van der Waals surface area contributed by atoms with E-state index in [4.69, 9.17) is 9.47 Å². The van der Waals surface area contributed by atoms with Crippen LogP contribution in [-0.4, -0.2) is 28.3 Å². The Hall–Kier alpha value is -5.94. The number of carbonyl (C=O) groups excluding carboxylic acids is 2. The molecule has 0 aromatic heterocycles. The Morgan fingerprint density at radius 2 is 1.35 bits per heavy atom. The molecule has 0 aliphatic rings. The summed E-state index contributed by atoms with van der Waals surface area (Å²) in [6, 6.07) is 26.0. The monoisotopic (exact) mass is 576 g/mol. The topological polar surface area (TPSA) is 163 Å². The van der Waals surface area contributed by atoms with E-state index in [2.05, 4.69) is 32.6 Å². The van der Waals surface area contributed by atoms with E-state index in [-0.39, 0.29) is 64.3 Å². The minimum Gasteiger partial charge on any atom is -0.506 e. The second kappa shape index (κ2) is 13.1. The van der Waals surface area contributed by atoms with E-state index in [1.54, 1.807) is 6.07 Å². The third-order valence-electron chi connectivity index (χ3n) is 6.40. The van der Waals surface area contributed by atoms with Crippen molar-refractivity contribution in [2.75, 3.05) is 0 Å². The number of azo groups is 2. The molecular weight excluding hydrogens is 552 g/mol. The Morgan fingerprint density at radius 3 is 2.05 bits per heavy atom. The highest BCUT2D eigenvalue weighted by Crippen LogP contribution is 2.40. The van der Waals surface area contributed by atoms with Gasteiger partial charge < -0.3 is 24.8 Å². The first kappa shape index (κ1) is 28.6. The van der Waals surface area contributed by atoms with Crippen molar-refractivity contribution in [3.63, 3.8) is 0 Å². The summed E-state index contributed by atoms with van der Waals surface area (Å²) in [7, 11) is 0. The van der Waals surface area contributed by atoms with Crippen molar-refractivity contribution in [3.05, 3.63) is 108 Å². The zero-order valence-electron chi connectivity index (χ0n) is 22.5. The second-order valence-corrected chi connectivity index (χ2v) is 9.27. The summed E-state index contributed by atoms with van der Waals surface area (Å²) in [6.07, 6.45) is 0.762. The number of ether oxygens (including phenoxy) is 2. The molecule has 11 nitrogen and oxygen atoms in total. The Bertz CT molecular complexity index is 1830. The fourth-order valence-corrected chi connectivity index (χ4v) is 4.36. The zero-order valence-corrected chi connectivity index (χ0v) is 22.5. The van der Waals surface area contributed by atoms with Crippen LogP contribution in [0.4, 0.5) is 22.7 Å². The maximum absolute atomic E-state index is 10.9. The SMILES string of the molecule is O=COc1cc(N=Nc2cc(O)c(N=Nc3ccc4cc(Cc5ccccc5)ccc4c3O)cc2CO)cc(OC=O)c1. The van der Waals surface area contributed by atoms with Crippen LogP contribution in [0.2, 0.25) is 0 Å². The summed E-state index contributed by atoms with van der Waals surface area (Å²) in [6.45, 7) is -0.0506. The lowest BCUT2D eigenvalue weighted by molar-refractivity contribution is -0.121. The molecule has 0 aliphatic heterocycles. The van der Waals surface area contributed by atoms with Gasteiger partial charge in [-0.2, -0.15) is 10.2 Å². The van der Waals surface area contributed by atoms with Gasteiger partial charge >= 0.3 is 0 Å². The summed E-state index contributed by atoms with van der Waals surface area (Å²) in [5, 5.41) is 49.1. The summed E-state index contributed by atoms with van der Waals surface area (Å²) >= 11 is 0. The third-order valence-corrected chi connectivity index (χ3v) is 6.40. The zero-order chi connectivity index (χ0) is 30.2. The molecule has 3 N–H and O–H groups in total. The molecule has 0 aliphatic carbocycles. The lowest BCUT2D eigenvalue weighted by Gasteiger charge is -2.08. The van der Waals surface area contributed by atoms with Crippen molar-refractivity contribution >= 4 is 46.5 Å². The molecule has 0 fully saturated rings. The van der Waals surface area contributed by atoms with Crippen LogP contribution in [0.3, 0.4) is 0 Å². The average Bonchev–Trinajstić information content (AvgIpc) is 3.01. The van der Waals surface area contributed by atoms with Gasteiger partial charge in [-0.15, -0.1) is 10.2 Å². The molecule has 11 heteroatoms. The summed E-state index contributed by atoms with van der Waals surface area (Å²) in [4.78, 5) is 21.4. The highest BCUT2D eigenvalue weighted by Gasteiger charge is 2.12. The number of carbonyl (C=O) groups is 2. The minimum absolute atomic E-state index is 0.0313. The van der Waals surface area contributed by atoms with Crippen LogP contribution >= 0.6 is 0 Å². The number of phenols is 2. The largest absolute Gasteiger partial charge is 0.506 e. The Balaban J connectivity index is 1.38. The van der Waals surface area contributed by atoms with E-state index in [9.17, 15) is 24.9 Å². The number of rotatable bonds is 11. The maximum atomic E-state index is 10.9. The van der Waals surface area contributed by atoms with Gasteiger partial charge in [0.1, 0.15) is 28.6 Å². The van der Waals surface area contributed by atoms with Gasteiger partial charge in [0.15, 0.2) is 5.75 Å². The van der Waals surface area contributed by atoms with Crippen molar-refractivity contribution in [2.24, 2.45) is 20.5 Å². The summed E-state index contributed by atoms with van der Waals surface area (Å²) in [5.41, 5.74) is 3.08. The quantitative estimate of drug-likeness (QED) is 0.110. The number of fused-ring (bicyclic) bond motifs is 1. The third kappa shape index (κ3) is 6.87. The molecule has 0 radical (unpaired) electrons. The molecule has 0 spiro atoms. The predicted molar refractivity (Wildman–Crippen MR) is 157 cm³/mol. The fourth-order valence-electron chi connectivity index (χ4n) is 4.36. The van der Waals surface area contributed by atoms with Crippen LogP contribution in [0.1, 0.15) is 16.7 Å². The van der Waals surface area contributed by atoms with Gasteiger partial charge in [0.2, 0.25) is 0 Å². The van der Waals surface area contributed by atoms with Crippen molar-refractivity contribution in [1.82, 2.24) is 0 Å². The van der Waals surface area contributed by atoms with Crippen LogP contribution in [0.5, 0.6) is 23.0 Å². The van der Waals surface area contributed by atoms with Crippen molar-refractivity contribution in [3.8, 4) is 23.0 Å². The first-order valence-corrected chi connectivity index (χ1v) is 12.9. The minimum atomic E-state index is -0.461. The predicted octanol–water partition coefficient (Wildman–Crippen LogP) is 7.24. The van der Waals surface area contributed by atoms with Crippen LogP contribution in [0.25, 0.3) is 10.8 Å². The normalized spacial score (nSPS) is 11.3. The van der Waals surface area contributed by atoms with E-state index in [0.717, 1.165) is 17.4 Å². The molecule has 5 aromatic carbocycles. The van der Waals surface area contributed by atoms with Crippen LogP contribution in [0.15, 0.2) is 111 Å². The number of hydrogen-bond acceptors (Lipinski definition) is 11. The van der Waals surface area contributed by atoms with Gasteiger partial charge in [-0.3, -0.25) is 9.59 Å². The van der Waals surface area contributed by atoms with Crippen LogP contribution < -0.4 is 9.47 Å². The molecule has 0 heterocycles. The number of phenolic OH excluding ortho intramolecular Hbond substituents is 2. The molecule has 0 amide bonds. The fraction of sp³-hybridized carbons (Fsp3) is 0.0625. The van der Waals surface area contributed by atoms with Gasteiger partial charge in [0, 0.05) is 35.2 Å². The van der Waals surface area contributed by atoms with Crippen molar-refractivity contribution in [1.29, 1.82) is 0 Å². The number of aromatic hydroxyl groups is 2. The Labute approximate surface area is 245 Å². The van der Waals surface area contributed by atoms with Crippen molar-refractivity contribution < 1.29 is 34.4 Å². The number of aliphatic hydroxyl groups is 1. The van der Waals surface area contributed by atoms with E-state index >= 15 is 0 Å². The lowest BCUT2D eigenvalue weighted by atomic mass is 10.0. The van der Waals surface area contributed by atoms with Gasteiger partial charge in [-0.25, -0.2) is 0 Å². The van der Waals surface area contributed by atoms with Crippen molar-refractivity contribution in [2.45, 2.75) is 13.0 Å². The lowest BCUT2D eigenvalue weighted by Crippen LogP contribution is -1.92. The van der Waals surface area contributed by atoms with E-state index < -0.39 is 6.61 Å². The molecule has 214 valence electrons. The van der Waals surface area contributed by atoms with E-state index in [0.29, 0.717) is 5.39 Å². The Kier molecular flexibility index (Phi) is 8.74. The van der Waals surface area contributed by atoms with E-state index in [1.807, 2.05) is 42.5 Å². The smallest absolute Gasteiger partial charge is 0.298 e. The average molecular weight is 577 g/mol. The molecule has 0 saturated heterocycles. The number of benzene rings is 5. The number of aliphatic hydroxyl groups excluding tert-OH is 1. The van der Waals surface area contributed by atoms with E-state index in [1.165, 1.54) is 35.9 Å². The van der Waals surface area contributed by atoms with Gasteiger partial charge in [-0.1, -0.05) is 54.6 Å². The second-order valence-electron chi connectivity index (χ2n) is 9.27. The standard InChI is InChI=1S/C32H24N4O7/c37-17-23-12-30(31(40)16-29(23)35-33-24-13-25(42-18-38)15-26(14-24)43-19-39)36-34-28-9-7-22-11-21(6-8-27(22)32(28)41)10-20-4-2-1-3-5-20/h1-9,11-16,18-19,37,40-41H,10,17H2. The van der Waals surface area contributed by atoms with Gasteiger partial charge in [-0.05, 0) is 35.1 Å². The van der Waals surface area contributed by atoms with Crippen LogP contribution in [0, 0.1) is 0 Å². The molecule has 0 bridgehead atoms. The molecular formula is C32H24N4O7. The number of nitrogens with zero attached hydrogens (tertiary/aromatic N) is 4. The highest BCUT2D eigenvalue weighted by atomic mass is 16.5. The van der Waals surface area contributed by atoms with Gasteiger partial charge in [0.05, 0.1) is 18.0 Å². The molecule has 43 heavy (non-hydrogen) atoms. The molecule has 5 aromatic rings. The summed E-state index contributed by atoms with van der Waals surface area (Å²) in [5.74, 6) is -0.231. The molecule has 0 unspecified atom stereocenters. The highest BCUT2D eigenvalue weighted by molar-refractivity contribution is 5.92. The Morgan fingerprint density at radius 1 is 0.651 bits per heavy atom.